The Balaban J connectivity index is 1.68. The van der Waals surface area contributed by atoms with Gasteiger partial charge in [0.1, 0.15) is 18.1 Å². The number of nitrogens with one attached hydrogen (secondary N) is 1. The van der Waals surface area contributed by atoms with Gasteiger partial charge in [-0.2, -0.15) is 0 Å². The fourth-order valence-corrected chi connectivity index (χ4v) is 3.30. The van der Waals surface area contributed by atoms with Gasteiger partial charge in [-0.15, -0.1) is 0 Å². The van der Waals surface area contributed by atoms with Gasteiger partial charge in [-0.1, -0.05) is 23.7 Å². The Morgan fingerprint density at radius 1 is 1.22 bits per heavy atom. The number of anilines is 1. The lowest BCUT2D eigenvalue weighted by molar-refractivity contribution is -0.127. The van der Waals surface area contributed by atoms with E-state index in [9.17, 15) is 23.9 Å². The van der Waals surface area contributed by atoms with Crippen molar-refractivity contribution < 1.29 is 23.9 Å². The summed E-state index contributed by atoms with van der Waals surface area (Å²) >= 11 is 6.37. The predicted molar refractivity (Wildman–Crippen MR) is 101 cm³/mol. The number of halogens is 2. The highest BCUT2D eigenvalue weighted by Gasteiger charge is 2.36. The van der Waals surface area contributed by atoms with Gasteiger partial charge in [0.05, 0.1) is 9.93 Å². The molecular formula is C18H12ClFN2O4S. The van der Waals surface area contributed by atoms with Crippen LogP contribution in [0.4, 0.5) is 14.9 Å². The molecule has 3 amide bonds. The number of phenolic OH excluding ortho intramolecular Hbond substituents is 1. The molecule has 1 aliphatic heterocycles. The second kappa shape index (κ2) is 7.81. The van der Waals surface area contributed by atoms with Gasteiger partial charge in [-0.05, 0) is 53.7 Å². The monoisotopic (exact) mass is 406 g/mol. The molecule has 138 valence electrons. The Morgan fingerprint density at radius 2 is 1.93 bits per heavy atom. The summed E-state index contributed by atoms with van der Waals surface area (Å²) in [5, 5.41) is 11.0. The number of benzene rings is 2. The highest BCUT2D eigenvalue weighted by atomic mass is 35.5. The first-order valence-electron chi connectivity index (χ1n) is 7.63. The van der Waals surface area contributed by atoms with Crippen LogP contribution in [-0.4, -0.2) is 33.6 Å². The van der Waals surface area contributed by atoms with Crippen LogP contribution in [0.2, 0.25) is 5.02 Å². The second-order valence-corrected chi connectivity index (χ2v) is 6.94. The van der Waals surface area contributed by atoms with Gasteiger partial charge in [-0.25, -0.2) is 4.39 Å². The number of phenols is 1. The first kappa shape index (κ1) is 18.9. The summed E-state index contributed by atoms with van der Waals surface area (Å²) in [6.45, 7) is -0.480. The number of hydrogen-bond donors (Lipinski definition) is 2. The van der Waals surface area contributed by atoms with Gasteiger partial charge in [0, 0.05) is 5.69 Å². The fraction of sp³-hybridized carbons (Fsp3) is 0.0556. The van der Waals surface area contributed by atoms with E-state index in [-0.39, 0.29) is 21.4 Å². The van der Waals surface area contributed by atoms with Crippen molar-refractivity contribution in [1.82, 2.24) is 4.90 Å². The zero-order chi connectivity index (χ0) is 19.6. The summed E-state index contributed by atoms with van der Waals surface area (Å²) in [5.74, 6) is -1.76. The molecule has 0 spiro atoms. The number of carbonyl (C=O) groups is 3. The number of aromatic hydroxyl groups is 1. The molecule has 6 nitrogen and oxygen atoms in total. The third-order valence-corrected chi connectivity index (χ3v) is 4.77. The molecule has 0 aliphatic carbocycles. The summed E-state index contributed by atoms with van der Waals surface area (Å²) in [7, 11) is 0. The van der Waals surface area contributed by atoms with E-state index in [0.717, 1.165) is 22.7 Å². The van der Waals surface area contributed by atoms with Crippen LogP contribution in [-0.2, 0) is 9.59 Å². The SMILES string of the molecule is O=C(CN1C(=O)S/C(=C/c2ccc(O)cc2)C1=O)Nc1ccc(F)c(Cl)c1. The molecule has 1 aliphatic rings. The van der Waals surface area contributed by atoms with Crippen molar-refractivity contribution in [3.05, 3.63) is 63.8 Å². The second-order valence-electron chi connectivity index (χ2n) is 5.54. The molecule has 1 saturated heterocycles. The maximum atomic E-state index is 13.1. The van der Waals surface area contributed by atoms with E-state index in [1.54, 1.807) is 12.1 Å². The normalized spacial score (nSPS) is 15.5. The lowest BCUT2D eigenvalue weighted by atomic mass is 10.2. The van der Waals surface area contributed by atoms with Crippen molar-refractivity contribution in [3.63, 3.8) is 0 Å². The Kier molecular flexibility index (Phi) is 5.48. The van der Waals surface area contributed by atoms with Crippen LogP contribution in [0, 0.1) is 5.82 Å². The largest absolute Gasteiger partial charge is 0.508 e. The molecule has 9 heteroatoms. The first-order valence-corrected chi connectivity index (χ1v) is 8.82. The summed E-state index contributed by atoms with van der Waals surface area (Å²) in [5.41, 5.74) is 0.877. The Bertz CT molecular complexity index is 962. The Labute approximate surface area is 162 Å². The van der Waals surface area contributed by atoms with Crippen molar-refractivity contribution in [2.75, 3.05) is 11.9 Å². The molecule has 0 saturated carbocycles. The zero-order valence-corrected chi connectivity index (χ0v) is 15.2. The molecule has 2 aromatic rings. The smallest absolute Gasteiger partial charge is 0.294 e. The number of nitrogens with zero attached hydrogens (tertiary/aromatic N) is 1. The average molecular weight is 407 g/mol. The van der Waals surface area contributed by atoms with Crippen LogP contribution in [0.1, 0.15) is 5.56 Å². The van der Waals surface area contributed by atoms with E-state index in [4.69, 9.17) is 11.6 Å². The van der Waals surface area contributed by atoms with E-state index in [1.165, 1.54) is 30.3 Å². The van der Waals surface area contributed by atoms with E-state index >= 15 is 0 Å². The van der Waals surface area contributed by atoms with Gasteiger partial charge in [0.25, 0.3) is 11.1 Å². The van der Waals surface area contributed by atoms with Crippen molar-refractivity contribution in [3.8, 4) is 5.75 Å². The van der Waals surface area contributed by atoms with Gasteiger partial charge < -0.3 is 10.4 Å². The third-order valence-electron chi connectivity index (χ3n) is 3.57. The van der Waals surface area contributed by atoms with Crippen molar-refractivity contribution in [2.24, 2.45) is 0 Å². The number of amides is 3. The topological polar surface area (TPSA) is 86.7 Å². The highest BCUT2D eigenvalue weighted by molar-refractivity contribution is 8.18. The van der Waals surface area contributed by atoms with Gasteiger partial charge >= 0.3 is 0 Å². The van der Waals surface area contributed by atoms with E-state index in [0.29, 0.717) is 5.56 Å². The Morgan fingerprint density at radius 3 is 2.59 bits per heavy atom. The molecule has 0 bridgehead atoms. The molecule has 27 heavy (non-hydrogen) atoms. The molecule has 2 aromatic carbocycles. The molecule has 1 heterocycles. The molecule has 1 fully saturated rings. The molecule has 0 unspecified atom stereocenters. The number of rotatable bonds is 4. The van der Waals surface area contributed by atoms with Crippen LogP contribution >= 0.6 is 23.4 Å². The summed E-state index contributed by atoms with van der Waals surface area (Å²) in [6.07, 6.45) is 1.50. The number of hydrogen-bond acceptors (Lipinski definition) is 5. The van der Waals surface area contributed by atoms with Crippen molar-refractivity contribution >= 4 is 52.2 Å². The molecular weight excluding hydrogens is 395 g/mol. The number of carbonyl (C=O) groups excluding carboxylic acids is 3. The quantitative estimate of drug-likeness (QED) is 0.753. The van der Waals surface area contributed by atoms with Gasteiger partial charge in [-0.3, -0.25) is 19.3 Å². The molecule has 0 aromatic heterocycles. The average Bonchev–Trinajstić information content (AvgIpc) is 2.87. The van der Waals surface area contributed by atoms with Gasteiger partial charge in [0.15, 0.2) is 0 Å². The van der Waals surface area contributed by atoms with Crippen molar-refractivity contribution in [2.45, 2.75) is 0 Å². The minimum absolute atomic E-state index is 0.0813. The van der Waals surface area contributed by atoms with E-state index in [1.807, 2.05) is 0 Å². The highest BCUT2D eigenvalue weighted by Crippen LogP contribution is 2.32. The standard InChI is InChI=1S/C18H12ClFN2O4S/c19-13-8-11(3-6-14(13)20)21-16(24)9-22-17(25)15(27-18(22)26)7-10-1-4-12(23)5-2-10/h1-8,23H,9H2,(H,21,24)/b15-7+. The maximum absolute atomic E-state index is 13.1. The van der Waals surface area contributed by atoms with Gasteiger partial charge in [0.2, 0.25) is 5.91 Å². The molecule has 3 rings (SSSR count). The third kappa shape index (κ3) is 4.47. The number of thioether (sulfide) groups is 1. The maximum Gasteiger partial charge on any atom is 0.294 e. The summed E-state index contributed by atoms with van der Waals surface area (Å²) < 4.78 is 13.1. The van der Waals surface area contributed by atoms with Crippen LogP contribution in [0.5, 0.6) is 5.75 Å². The predicted octanol–water partition coefficient (Wildman–Crippen LogP) is 3.86. The van der Waals surface area contributed by atoms with Crippen LogP contribution < -0.4 is 5.32 Å². The minimum Gasteiger partial charge on any atom is -0.508 e. The van der Waals surface area contributed by atoms with Crippen LogP contribution in [0.25, 0.3) is 6.08 Å². The molecule has 0 radical (unpaired) electrons. The lowest BCUT2D eigenvalue weighted by Gasteiger charge is -2.12. The zero-order valence-electron chi connectivity index (χ0n) is 13.6. The summed E-state index contributed by atoms with van der Waals surface area (Å²) in [6, 6.07) is 9.74. The first-order chi connectivity index (χ1) is 12.8. The van der Waals surface area contributed by atoms with E-state index in [2.05, 4.69) is 5.32 Å². The van der Waals surface area contributed by atoms with Crippen molar-refractivity contribution in [1.29, 1.82) is 0 Å². The summed E-state index contributed by atoms with van der Waals surface area (Å²) in [4.78, 5) is 37.5. The Hall–Kier alpha value is -2.84. The van der Waals surface area contributed by atoms with Crippen LogP contribution in [0.15, 0.2) is 47.4 Å². The number of imide groups is 1. The lowest BCUT2D eigenvalue weighted by Crippen LogP contribution is -2.36. The fourth-order valence-electron chi connectivity index (χ4n) is 2.28. The van der Waals surface area contributed by atoms with Crippen LogP contribution in [0.3, 0.4) is 0 Å². The minimum atomic E-state index is -0.625. The molecule has 2 N–H and O–H groups in total. The van der Waals surface area contributed by atoms with E-state index < -0.39 is 29.4 Å². The molecule has 0 atom stereocenters.